The summed E-state index contributed by atoms with van der Waals surface area (Å²) in [4.78, 5) is 0. The molecule has 0 radical (unpaired) electrons. The summed E-state index contributed by atoms with van der Waals surface area (Å²) in [5.74, 6) is 4.96. The second kappa shape index (κ2) is 47.3. The molecular formula is C96H122Cl4F12N2O16P2. The van der Waals surface area contributed by atoms with E-state index in [4.69, 9.17) is 122 Å². The zero-order chi connectivity index (χ0) is 95.2. The molecule has 18 nitrogen and oxygen atoms in total. The van der Waals surface area contributed by atoms with Gasteiger partial charge in [0, 0.05) is 58.8 Å². The monoisotopic (exact) mass is 1990 g/mol. The molecule has 4 bridgehead atoms. The van der Waals surface area contributed by atoms with Gasteiger partial charge < -0.3 is 75.8 Å². The van der Waals surface area contributed by atoms with Crippen LogP contribution in [0.25, 0.3) is 11.1 Å². The number of unbranched alkanes of at least 4 members (excludes halogenated alkanes) is 10. The topological polar surface area (TPSA) is 155 Å². The first-order chi connectivity index (χ1) is 62.8. The molecule has 734 valence electrons. The van der Waals surface area contributed by atoms with E-state index in [1.165, 1.54) is 110 Å². The van der Waals surface area contributed by atoms with Crippen LogP contribution in [0.2, 0.25) is 0 Å². The van der Waals surface area contributed by atoms with Gasteiger partial charge in [-0.3, -0.25) is 0 Å². The number of hydrogen-bond donors (Lipinski definition) is 0. The summed E-state index contributed by atoms with van der Waals surface area (Å²) in [5.41, 5.74) is 13.9. The number of rotatable bonds is 15. The first kappa shape index (κ1) is 107. The molecule has 0 unspecified atom stereocenters. The number of nitrogens with zero attached hydrogens (tertiary/aromatic N) is 2. The molecular weight excluding hydrogens is 1870 g/mol. The van der Waals surface area contributed by atoms with Crippen molar-refractivity contribution >= 4 is 62.0 Å². The predicted octanol–water partition coefficient (Wildman–Crippen LogP) is 25.5. The summed E-state index contributed by atoms with van der Waals surface area (Å²) in [7, 11) is -21.3. The number of halogens is 16. The first-order valence-corrected chi connectivity index (χ1v) is 50.9. The molecule has 0 fully saturated rings. The van der Waals surface area contributed by atoms with Crippen LogP contribution < -0.4 is 47.0 Å². The molecule has 8 aliphatic rings. The molecule has 16 rings (SSSR count). The molecule has 36 heteroatoms. The fraction of sp³-hybridized carbons (Fsp3) is 0.521. The van der Waals surface area contributed by atoms with Gasteiger partial charge in [0.2, 0.25) is 0 Å². The molecule has 8 aromatic rings. The summed E-state index contributed by atoms with van der Waals surface area (Å²) in [5, 5.41) is 0.389. The van der Waals surface area contributed by atoms with Crippen LogP contribution in [0.4, 0.5) is 50.4 Å². The van der Waals surface area contributed by atoms with Crippen LogP contribution in [0, 0.1) is 0 Å². The normalized spacial score (nSPS) is 21.5. The third-order valence-corrected chi connectivity index (χ3v) is 23.7. The number of hydrogen-bond acceptors (Lipinski definition) is 16. The van der Waals surface area contributed by atoms with Crippen LogP contribution >= 0.6 is 62.0 Å². The predicted molar refractivity (Wildman–Crippen MR) is 491 cm³/mol. The summed E-state index contributed by atoms with van der Waals surface area (Å²) < 4.78 is 225. The maximum absolute atomic E-state index is 10.7. The Bertz CT molecular complexity index is 4290. The van der Waals surface area contributed by atoms with E-state index in [9.17, 15) is 50.4 Å². The van der Waals surface area contributed by atoms with Gasteiger partial charge in [0.05, 0.1) is 116 Å². The van der Waals surface area contributed by atoms with E-state index in [0.29, 0.717) is 152 Å². The molecule has 132 heavy (non-hydrogen) atoms. The molecule has 0 saturated heterocycles. The van der Waals surface area contributed by atoms with Gasteiger partial charge in [0.1, 0.15) is 65.9 Å². The Kier molecular flexibility index (Phi) is 38.3. The zero-order valence-corrected chi connectivity index (χ0v) is 80.3. The standard InChI is InChI=1S/C68H76O16.C26H42N2.2CH2Cl2.2F6P/c1-65-45-9-5-6-10-46(45)66(2)51-39-59-57(37-49(51)65)77-29-21-69-13-15-73-25-33-81-61-41-53-55(43-63(61)83-35-27-75-19-17-71-23-31-79-59)68(4)48-12-8-7-11-47(48)67(53,3)54-42-62-64(44-56(54)68)84-36-28-76-20-18-72-24-32-80-60-40-52(66)50(65)38-58(60)78-30-22-70-14-16-74-26-34-82-62;1-3-5-7-9-11-13-19-27-21-15-25(16-22-27)26-17-23-28(24-18-26)20-14-12-10-8-6-4-2;2*2-1-3;2*1-7(2,3,4,5)6/h5-12,37-44H,13-36H2,1-4H3;15-18,21-24H,3-14,19-20H2,1-2H3;2*1H2;;/q;+2;;;2*-1. The first-order valence-electron chi connectivity index (χ1n) is 44.7. The Morgan fingerprint density at radius 3 is 0.561 bits per heavy atom. The molecule has 0 saturated carbocycles. The number of benzene rings is 6. The number of aryl methyl sites for hydroxylation is 2. The van der Waals surface area contributed by atoms with Crippen LogP contribution in [-0.4, -0.2) is 169 Å². The van der Waals surface area contributed by atoms with E-state index in [-0.39, 0.29) is 63.5 Å². The Balaban J connectivity index is 0.000000308. The molecule has 0 atom stereocenters. The van der Waals surface area contributed by atoms with E-state index in [2.05, 4.69) is 197 Å². The van der Waals surface area contributed by atoms with Gasteiger partial charge in [-0.2, -0.15) is 0 Å². The number of aromatic nitrogens is 2. The fourth-order valence-corrected chi connectivity index (χ4v) is 17.6. The summed E-state index contributed by atoms with van der Waals surface area (Å²) in [6.07, 6.45) is 25.2. The zero-order valence-electron chi connectivity index (χ0n) is 75.5. The second-order valence-electron chi connectivity index (χ2n) is 33.0. The van der Waals surface area contributed by atoms with Crippen molar-refractivity contribution in [2.45, 2.75) is 153 Å². The van der Waals surface area contributed by atoms with Crippen molar-refractivity contribution in [3.05, 3.63) is 213 Å². The summed E-state index contributed by atoms with van der Waals surface area (Å²) in [6, 6.07) is 43.7. The van der Waals surface area contributed by atoms with Crippen LogP contribution in [0.1, 0.15) is 185 Å². The Morgan fingerprint density at radius 1 is 0.242 bits per heavy atom. The van der Waals surface area contributed by atoms with Crippen LogP contribution in [0.3, 0.4) is 0 Å². The Hall–Kier alpha value is -7.12. The van der Waals surface area contributed by atoms with E-state index < -0.39 is 37.3 Å². The van der Waals surface area contributed by atoms with Crippen LogP contribution in [0.5, 0.6) is 46.0 Å². The van der Waals surface area contributed by atoms with E-state index in [0.717, 1.165) is 57.6 Å². The molecule has 2 aromatic heterocycles. The van der Waals surface area contributed by atoms with Crippen molar-refractivity contribution in [1.82, 2.24) is 0 Å². The summed E-state index contributed by atoms with van der Waals surface area (Å²) >= 11 is 19.1. The van der Waals surface area contributed by atoms with E-state index in [1.54, 1.807) is 0 Å². The summed E-state index contributed by atoms with van der Waals surface area (Å²) in [6.45, 7) is 23.9. The molecule has 0 N–H and O–H groups in total. The van der Waals surface area contributed by atoms with Gasteiger partial charge in [-0.15, -0.1) is 46.4 Å². The van der Waals surface area contributed by atoms with Gasteiger partial charge >= 0.3 is 66.0 Å². The fourth-order valence-electron chi connectivity index (χ4n) is 17.6. The van der Waals surface area contributed by atoms with Gasteiger partial charge in [-0.05, 0) is 167 Å². The van der Waals surface area contributed by atoms with Crippen molar-refractivity contribution in [2.24, 2.45) is 0 Å². The minimum atomic E-state index is -10.7. The molecule has 4 heterocycles. The molecule has 0 spiro atoms. The third-order valence-electron chi connectivity index (χ3n) is 23.7. The number of ether oxygens (including phenoxy) is 16. The van der Waals surface area contributed by atoms with Gasteiger partial charge in [0.25, 0.3) is 0 Å². The van der Waals surface area contributed by atoms with Crippen LogP contribution in [0.15, 0.2) is 146 Å². The number of alkyl halides is 4. The van der Waals surface area contributed by atoms with E-state index in [1.807, 2.05) is 0 Å². The maximum atomic E-state index is 9.87. The number of fused-ring (bicyclic) bond motifs is 4. The molecule has 6 aliphatic carbocycles. The second-order valence-corrected chi connectivity index (χ2v) is 38.4. The minimum absolute atomic E-state index is 0.194. The third kappa shape index (κ3) is 30.9. The molecule has 0 amide bonds. The van der Waals surface area contributed by atoms with Crippen molar-refractivity contribution < 1.29 is 135 Å². The van der Waals surface area contributed by atoms with Crippen molar-refractivity contribution in [3.8, 4) is 57.1 Å². The molecule has 6 aromatic carbocycles. The average molecular weight is 1990 g/mol. The van der Waals surface area contributed by atoms with Crippen molar-refractivity contribution in [2.75, 3.05) is 169 Å². The van der Waals surface area contributed by atoms with Crippen molar-refractivity contribution in [1.29, 1.82) is 0 Å². The van der Waals surface area contributed by atoms with Gasteiger partial charge in [-0.25, -0.2) is 9.13 Å². The van der Waals surface area contributed by atoms with Crippen molar-refractivity contribution in [3.63, 3.8) is 0 Å². The van der Waals surface area contributed by atoms with E-state index >= 15 is 0 Å². The number of pyridine rings is 2. The SMILES string of the molecule is CC12c3ccccc3C3(C)c4cc5c(cc41)OCCOCCOCCOc1cc4c(cc1OCCOCCOCCO5)C1(C)c5ccccc5C4(C)c4cc5c(cc41)OCCOCCOCCOc1cc3c2cc1OCCOCCOCCO5.CCCCCCCC[n+]1ccc(-c2cc[n+](CCCCCCCC)cc2)cc1.ClCCl.ClCCl.F[P-](F)(F)(F)(F)F.F[P-](F)(F)(F)(F)F. The average Bonchev–Trinajstić information content (AvgIpc) is 0.665. The quantitative estimate of drug-likeness (QED) is 0.0314. The molecule has 2 aliphatic heterocycles. The van der Waals surface area contributed by atoms with Gasteiger partial charge in [-0.1, -0.05) is 114 Å². The van der Waals surface area contributed by atoms with Crippen LogP contribution in [-0.2, 0) is 72.6 Å². The Morgan fingerprint density at radius 2 is 0.394 bits per heavy atom. The van der Waals surface area contributed by atoms with Gasteiger partial charge in [0.15, 0.2) is 70.8 Å². The Labute approximate surface area is 785 Å².